The Bertz CT molecular complexity index is 470. The third-order valence-electron chi connectivity index (χ3n) is 4.81. The molecule has 0 radical (unpaired) electrons. The van der Waals surface area contributed by atoms with Gasteiger partial charge in [-0.1, -0.05) is 50.0 Å². The molecule has 1 N–H and O–H groups in total. The topological polar surface area (TPSA) is 12.0 Å². The van der Waals surface area contributed by atoms with Gasteiger partial charge in [0, 0.05) is 0 Å². The number of benzene rings is 1. The van der Waals surface area contributed by atoms with Crippen LogP contribution in [0.15, 0.2) is 18.2 Å². The Morgan fingerprint density at radius 3 is 2.62 bits per heavy atom. The van der Waals surface area contributed by atoms with Crippen LogP contribution in [0.2, 0.25) is 10.0 Å². The van der Waals surface area contributed by atoms with Crippen LogP contribution in [0.25, 0.3) is 0 Å². The molecular weight excluding hydrogens is 301 g/mol. The van der Waals surface area contributed by atoms with E-state index in [1.807, 2.05) is 12.1 Å². The van der Waals surface area contributed by atoms with E-state index in [1.54, 1.807) is 0 Å². The first-order chi connectivity index (χ1) is 9.91. The van der Waals surface area contributed by atoms with Gasteiger partial charge < -0.3 is 5.32 Å². The first-order valence-electron chi connectivity index (χ1n) is 8.06. The van der Waals surface area contributed by atoms with E-state index in [4.69, 9.17) is 23.2 Å². The fraction of sp³-hybridized carbons (Fsp3) is 0.667. The summed E-state index contributed by atoms with van der Waals surface area (Å²) in [6.07, 6.45) is 5.06. The van der Waals surface area contributed by atoms with Crippen LogP contribution in [-0.4, -0.2) is 13.1 Å². The molecule has 1 aromatic rings. The Balaban J connectivity index is 2.09. The zero-order valence-electron chi connectivity index (χ0n) is 13.4. The summed E-state index contributed by atoms with van der Waals surface area (Å²) in [5, 5.41) is 4.85. The lowest BCUT2D eigenvalue weighted by Gasteiger charge is -2.41. The largest absolute Gasteiger partial charge is 0.317 e. The summed E-state index contributed by atoms with van der Waals surface area (Å²) in [5.41, 5.74) is 1.78. The molecule has 0 aliphatic heterocycles. The highest BCUT2D eigenvalue weighted by Crippen LogP contribution is 2.43. The minimum absolute atomic E-state index is 0.462. The Morgan fingerprint density at radius 1 is 1.19 bits per heavy atom. The van der Waals surface area contributed by atoms with Crippen LogP contribution in [-0.2, 0) is 6.42 Å². The smallest absolute Gasteiger partial charge is 0.0595 e. The second-order valence-electron chi connectivity index (χ2n) is 7.19. The molecule has 3 heteroatoms. The van der Waals surface area contributed by atoms with E-state index >= 15 is 0 Å². The predicted octanol–water partition coefficient (Wildman–Crippen LogP) is 5.59. The lowest BCUT2D eigenvalue weighted by molar-refractivity contribution is 0.116. The molecular formula is C18H27Cl2N. The van der Waals surface area contributed by atoms with Gasteiger partial charge in [-0.15, -0.1) is 0 Å². The van der Waals surface area contributed by atoms with Gasteiger partial charge in [0.05, 0.1) is 10.0 Å². The van der Waals surface area contributed by atoms with Gasteiger partial charge in [0.1, 0.15) is 0 Å². The van der Waals surface area contributed by atoms with Gasteiger partial charge >= 0.3 is 0 Å². The second kappa shape index (κ2) is 7.35. The predicted molar refractivity (Wildman–Crippen MR) is 93.3 cm³/mol. The van der Waals surface area contributed by atoms with Crippen LogP contribution in [0, 0.1) is 17.3 Å². The normalized spacial score (nSPS) is 25.0. The van der Waals surface area contributed by atoms with Crippen molar-refractivity contribution in [3.05, 3.63) is 33.8 Å². The zero-order valence-corrected chi connectivity index (χ0v) is 14.9. The highest BCUT2D eigenvalue weighted by Gasteiger charge is 2.34. The van der Waals surface area contributed by atoms with Crippen LogP contribution >= 0.6 is 23.2 Å². The molecule has 0 aromatic heterocycles. The van der Waals surface area contributed by atoms with Gasteiger partial charge in [-0.25, -0.2) is 0 Å². The van der Waals surface area contributed by atoms with Gasteiger partial charge in [-0.3, -0.25) is 0 Å². The molecule has 2 unspecified atom stereocenters. The zero-order chi connectivity index (χ0) is 15.5. The maximum absolute atomic E-state index is 6.16. The summed E-state index contributed by atoms with van der Waals surface area (Å²) in [6.45, 7) is 9.18. The van der Waals surface area contributed by atoms with Crippen molar-refractivity contribution < 1.29 is 0 Å². The third-order valence-corrected chi connectivity index (χ3v) is 5.55. The van der Waals surface area contributed by atoms with E-state index in [-0.39, 0.29) is 0 Å². The SMILES string of the molecule is CCNCC1CCC(C)(C)CC1Cc1ccc(Cl)c(Cl)c1. The molecule has 2 rings (SSSR count). The second-order valence-corrected chi connectivity index (χ2v) is 8.00. The van der Waals surface area contributed by atoms with Crippen molar-refractivity contribution in [1.29, 1.82) is 0 Å². The third kappa shape index (κ3) is 4.87. The van der Waals surface area contributed by atoms with Crippen LogP contribution in [0.3, 0.4) is 0 Å². The highest BCUT2D eigenvalue weighted by molar-refractivity contribution is 6.42. The molecule has 1 fully saturated rings. The summed E-state index contributed by atoms with van der Waals surface area (Å²) in [5.74, 6) is 1.50. The number of rotatable bonds is 5. The van der Waals surface area contributed by atoms with Gasteiger partial charge in [0.2, 0.25) is 0 Å². The standard InChI is InChI=1S/C18H27Cl2N/c1-4-21-12-14-7-8-18(2,3)11-15(14)9-13-5-6-16(19)17(20)10-13/h5-6,10,14-15,21H,4,7-9,11-12H2,1-3H3. The number of nitrogens with one attached hydrogen (secondary N) is 1. The van der Waals surface area contributed by atoms with E-state index in [0.29, 0.717) is 15.5 Å². The maximum atomic E-state index is 6.16. The van der Waals surface area contributed by atoms with Gasteiger partial charge in [0.15, 0.2) is 0 Å². The Kier molecular flexibility index (Phi) is 5.99. The van der Waals surface area contributed by atoms with Crippen LogP contribution in [0.5, 0.6) is 0 Å². The molecule has 1 aromatic carbocycles. The summed E-state index contributed by atoms with van der Waals surface area (Å²) < 4.78 is 0. The average Bonchev–Trinajstić information content (AvgIpc) is 2.41. The molecule has 0 heterocycles. The van der Waals surface area contributed by atoms with Crippen molar-refractivity contribution >= 4 is 23.2 Å². The van der Waals surface area contributed by atoms with Crippen molar-refractivity contribution in [2.75, 3.05) is 13.1 Å². The van der Waals surface area contributed by atoms with E-state index < -0.39 is 0 Å². The van der Waals surface area contributed by atoms with Crippen molar-refractivity contribution in [1.82, 2.24) is 5.32 Å². The number of hydrogen-bond acceptors (Lipinski definition) is 1. The molecule has 0 saturated heterocycles. The Hall–Kier alpha value is -0.240. The van der Waals surface area contributed by atoms with Crippen molar-refractivity contribution in [3.8, 4) is 0 Å². The molecule has 1 aliphatic carbocycles. The summed E-state index contributed by atoms with van der Waals surface area (Å²) >= 11 is 12.2. The quantitative estimate of drug-likeness (QED) is 0.743. The fourth-order valence-electron chi connectivity index (χ4n) is 3.60. The van der Waals surface area contributed by atoms with Crippen LogP contribution in [0.4, 0.5) is 0 Å². The summed E-state index contributed by atoms with van der Waals surface area (Å²) in [4.78, 5) is 0. The number of halogens is 2. The van der Waals surface area contributed by atoms with E-state index in [9.17, 15) is 0 Å². The molecule has 2 atom stereocenters. The minimum atomic E-state index is 0.462. The van der Waals surface area contributed by atoms with Gasteiger partial charge in [-0.05, 0) is 73.7 Å². The summed E-state index contributed by atoms with van der Waals surface area (Å²) in [7, 11) is 0. The molecule has 118 valence electrons. The molecule has 0 bridgehead atoms. The van der Waals surface area contributed by atoms with Gasteiger partial charge in [0.25, 0.3) is 0 Å². The Labute approximate surface area is 139 Å². The van der Waals surface area contributed by atoms with Gasteiger partial charge in [-0.2, -0.15) is 0 Å². The lowest BCUT2D eigenvalue weighted by atomic mass is 9.65. The highest BCUT2D eigenvalue weighted by atomic mass is 35.5. The molecule has 0 amide bonds. The molecule has 21 heavy (non-hydrogen) atoms. The van der Waals surface area contributed by atoms with E-state index in [0.717, 1.165) is 31.3 Å². The van der Waals surface area contributed by atoms with Crippen LogP contribution in [0.1, 0.15) is 45.6 Å². The first kappa shape index (κ1) is 17.1. The minimum Gasteiger partial charge on any atom is -0.317 e. The molecule has 0 spiro atoms. The number of hydrogen-bond donors (Lipinski definition) is 1. The lowest BCUT2D eigenvalue weighted by Crippen LogP contribution is -2.37. The van der Waals surface area contributed by atoms with Crippen molar-refractivity contribution in [3.63, 3.8) is 0 Å². The van der Waals surface area contributed by atoms with Crippen molar-refractivity contribution in [2.24, 2.45) is 17.3 Å². The maximum Gasteiger partial charge on any atom is 0.0595 e. The summed E-state index contributed by atoms with van der Waals surface area (Å²) in [6, 6.07) is 6.09. The van der Waals surface area contributed by atoms with E-state index in [1.165, 1.54) is 24.8 Å². The molecule has 1 nitrogen and oxygen atoms in total. The van der Waals surface area contributed by atoms with Crippen LogP contribution < -0.4 is 5.32 Å². The van der Waals surface area contributed by atoms with E-state index in [2.05, 4.69) is 32.2 Å². The average molecular weight is 328 g/mol. The molecule has 1 aliphatic rings. The first-order valence-corrected chi connectivity index (χ1v) is 8.81. The monoisotopic (exact) mass is 327 g/mol. The Morgan fingerprint density at radius 2 is 1.95 bits per heavy atom. The molecule has 1 saturated carbocycles. The van der Waals surface area contributed by atoms with Crippen molar-refractivity contribution in [2.45, 2.75) is 46.5 Å². The fourth-order valence-corrected chi connectivity index (χ4v) is 3.92.